The third-order valence-electron chi connectivity index (χ3n) is 3.01. The van der Waals surface area contributed by atoms with Gasteiger partial charge in [0.15, 0.2) is 0 Å². The van der Waals surface area contributed by atoms with Gasteiger partial charge in [-0.1, -0.05) is 23.6 Å². The maximum Gasteiger partial charge on any atom is 0.295 e. The number of rotatable bonds is 4. The van der Waals surface area contributed by atoms with Gasteiger partial charge in [-0.2, -0.15) is 0 Å². The van der Waals surface area contributed by atoms with Crippen LogP contribution < -0.4 is 0 Å². The molecule has 0 radical (unpaired) electrons. The highest BCUT2D eigenvalue weighted by atomic mass is 28.4. The molecule has 0 amide bonds. The predicted molar refractivity (Wildman–Crippen MR) is 61.9 cm³/mol. The minimum Gasteiger partial charge on any atom is -0.539 e. The fourth-order valence-electron chi connectivity index (χ4n) is 1.93. The Balaban J connectivity index is 2.09. The average Bonchev–Trinajstić information content (AvgIpc) is 2.79. The second kappa shape index (κ2) is 3.28. The van der Waals surface area contributed by atoms with E-state index in [1.54, 1.807) is 0 Å². The van der Waals surface area contributed by atoms with Crippen LogP contribution in [0.3, 0.4) is 0 Å². The lowest BCUT2D eigenvalue weighted by atomic mass is 10.1. The van der Waals surface area contributed by atoms with E-state index in [1.807, 2.05) is 11.4 Å². The van der Waals surface area contributed by atoms with E-state index in [9.17, 15) is 0 Å². The average molecular weight is 204 g/mol. The fourth-order valence-corrected chi connectivity index (χ4v) is 2.99. The molecule has 2 unspecified atom stereocenters. The Morgan fingerprint density at radius 1 is 1.43 bits per heavy atom. The molecule has 14 heavy (non-hydrogen) atoms. The number of fused-ring (bicyclic) bond motifs is 2. The Hall–Kier alpha value is -1.02. The van der Waals surface area contributed by atoms with E-state index in [1.165, 1.54) is 6.42 Å². The summed E-state index contributed by atoms with van der Waals surface area (Å²) in [6, 6.07) is 0. The third-order valence-corrected chi connectivity index (χ3v) is 5.31. The van der Waals surface area contributed by atoms with Crippen LogP contribution in [0.15, 0.2) is 48.5 Å². The summed E-state index contributed by atoms with van der Waals surface area (Å²) in [7, 11) is -1.87. The quantitative estimate of drug-likeness (QED) is 0.505. The van der Waals surface area contributed by atoms with E-state index in [0.717, 1.165) is 5.76 Å². The van der Waals surface area contributed by atoms with Crippen molar-refractivity contribution in [3.05, 3.63) is 48.5 Å². The number of hydrogen-bond acceptors (Lipinski definition) is 1. The Kier molecular flexibility index (Phi) is 2.23. The molecule has 2 aliphatic rings. The first-order chi connectivity index (χ1) is 6.67. The van der Waals surface area contributed by atoms with Crippen LogP contribution in [0.1, 0.15) is 6.42 Å². The maximum absolute atomic E-state index is 6.04. The molecule has 0 saturated carbocycles. The summed E-state index contributed by atoms with van der Waals surface area (Å²) >= 11 is 0. The smallest absolute Gasteiger partial charge is 0.295 e. The molecule has 2 bridgehead atoms. The Morgan fingerprint density at radius 2 is 2.14 bits per heavy atom. The van der Waals surface area contributed by atoms with Gasteiger partial charge in [0.25, 0.3) is 8.32 Å². The van der Waals surface area contributed by atoms with Crippen molar-refractivity contribution >= 4 is 8.32 Å². The second-order valence-electron chi connectivity index (χ2n) is 4.15. The monoisotopic (exact) mass is 204 g/mol. The molecule has 2 atom stereocenters. The molecule has 0 aromatic carbocycles. The highest BCUT2D eigenvalue weighted by Gasteiger charge is 2.33. The Morgan fingerprint density at radius 3 is 2.57 bits per heavy atom. The van der Waals surface area contributed by atoms with Crippen molar-refractivity contribution in [3.8, 4) is 0 Å². The SMILES string of the molecule is C=C[Si](C)(C=C)OC1=CC2C=CC1C2. The largest absolute Gasteiger partial charge is 0.539 e. The van der Waals surface area contributed by atoms with Crippen molar-refractivity contribution in [1.82, 2.24) is 0 Å². The lowest BCUT2D eigenvalue weighted by molar-refractivity contribution is 0.386. The van der Waals surface area contributed by atoms with Crippen LogP contribution >= 0.6 is 0 Å². The van der Waals surface area contributed by atoms with Crippen molar-refractivity contribution < 1.29 is 4.43 Å². The molecule has 0 spiro atoms. The van der Waals surface area contributed by atoms with E-state index in [4.69, 9.17) is 4.43 Å². The molecule has 74 valence electrons. The first-order valence-corrected chi connectivity index (χ1v) is 7.59. The summed E-state index contributed by atoms with van der Waals surface area (Å²) in [6.07, 6.45) is 7.95. The molecule has 2 rings (SSSR count). The lowest BCUT2D eigenvalue weighted by Gasteiger charge is -2.24. The van der Waals surface area contributed by atoms with Gasteiger partial charge in [0.1, 0.15) is 0 Å². The Labute approximate surface area is 86.6 Å². The molecule has 2 aliphatic carbocycles. The molecular weight excluding hydrogens is 188 g/mol. The molecule has 0 aliphatic heterocycles. The maximum atomic E-state index is 6.04. The predicted octanol–water partition coefficient (Wildman–Crippen LogP) is 3.12. The van der Waals surface area contributed by atoms with Gasteiger partial charge >= 0.3 is 0 Å². The summed E-state index contributed by atoms with van der Waals surface area (Å²) in [5, 5.41) is 0. The molecule has 0 aromatic heterocycles. The molecule has 0 N–H and O–H groups in total. The minimum absolute atomic E-state index is 0.520. The van der Waals surface area contributed by atoms with Crippen molar-refractivity contribution in [1.29, 1.82) is 0 Å². The topological polar surface area (TPSA) is 9.23 Å². The minimum atomic E-state index is -1.87. The number of allylic oxidation sites excluding steroid dienone is 3. The van der Waals surface area contributed by atoms with E-state index in [0.29, 0.717) is 11.8 Å². The molecule has 0 aromatic rings. The molecule has 1 nitrogen and oxygen atoms in total. The first-order valence-electron chi connectivity index (χ1n) is 5.03. The van der Waals surface area contributed by atoms with Gasteiger partial charge in [0.2, 0.25) is 0 Å². The Bertz CT molecular complexity index is 319. The highest BCUT2D eigenvalue weighted by Crippen LogP contribution is 2.39. The fraction of sp³-hybridized carbons (Fsp3) is 0.333. The van der Waals surface area contributed by atoms with Gasteiger partial charge in [-0.15, -0.1) is 13.2 Å². The molecule has 0 saturated heterocycles. The van der Waals surface area contributed by atoms with Crippen LogP contribution in [0, 0.1) is 11.8 Å². The van der Waals surface area contributed by atoms with Crippen LogP contribution in [0.5, 0.6) is 0 Å². The summed E-state index contributed by atoms with van der Waals surface area (Å²) in [5.74, 6) is 2.28. The van der Waals surface area contributed by atoms with Gasteiger partial charge in [-0.25, -0.2) is 0 Å². The zero-order chi connectivity index (χ0) is 10.2. The molecule has 0 fully saturated rings. The molecular formula is C12H16OSi. The van der Waals surface area contributed by atoms with Crippen LogP contribution in [0.4, 0.5) is 0 Å². The number of hydrogen-bond donors (Lipinski definition) is 0. The van der Waals surface area contributed by atoms with Crippen molar-refractivity contribution in [3.63, 3.8) is 0 Å². The van der Waals surface area contributed by atoms with Crippen molar-refractivity contribution in [2.24, 2.45) is 11.8 Å². The van der Waals surface area contributed by atoms with Gasteiger partial charge in [0, 0.05) is 5.92 Å². The molecule has 0 heterocycles. The first kappa shape index (κ1) is 9.53. The summed E-state index contributed by atoms with van der Waals surface area (Å²) < 4.78 is 6.04. The standard InChI is InChI=1S/C12H16OSi/c1-4-14(3,5-2)13-12-9-10-6-7-11(12)8-10/h4-7,9-11H,1-2,8H2,3H3. The summed E-state index contributed by atoms with van der Waals surface area (Å²) in [6.45, 7) is 9.77. The molecule has 2 heteroatoms. The second-order valence-corrected chi connectivity index (χ2v) is 7.54. The van der Waals surface area contributed by atoms with Gasteiger partial charge in [-0.3, -0.25) is 0 Å². The van der Waals surface area contributed by atoms with E-state index in [-0.39, 0.29) is 0 Å². The van der Waals surface area contributed by atoms with Crippen LogP contribution in [-0.2, 0) is 4.43 Å². The van der Waals surface area contributed by atoms with E-state index in [2.05, 4.69) is 37.9 Å². The zero-order valence-corrected chi connectivity index (χ0v) is 9.57. The van der Waals surface area contributed by atoms with E-state index >= 15 is 0 Å². The van der Waals surface area contributed by atoms with Crippen molar-refractivity contribution in [2.45, 2.75) is 13.0 Å². The zero-order valence-electron chi connectivity index (χ0n) is 8.57. The van der Waals surface area contributed by atoms with Crippen LogP contribution in [-0.4, -0.2) is 8.32 Å². The van der Waals surface area contributed by atoms with Crippen LogP contribution in [0.25, 0.3) is 0 Å². The van der Waals surface area contributed by atoms with Crippen LogP contribution in [0.2, 0.25) is 6.55 Å². The highest BCUT2D eigenvalue weighted by molar-refractivity contribution is 6.82. The van der Waals surface area contributed by atoms with E-state index < -0.39 is 8.32 Å². The normalized spacial score (nSPS) is 28.8. The van der Waals surface area contributed by atoms with Gasteiger partial charge in [0.05, 0.1) is 5.76 Å². The third kappa shape index (κ3) is 1.50. The summed E-state index contributed by atoms with van der Waals surface area (Å²) in [5.41, 5.74) is 3.85. The summed E-state index contributed by atoms with van der Waals surface area (Å²) in [4.78, 5) is 0. The van der Waals surface area contributed by atoms with Gasteiger partial charge in [-0.05, 0) is 25.0 Å². The van der Waals surface area contributed by atoms with Gasteiger partial charge < -0.3 is 4.43 Å². The lowest BCUT2D eigenvalue weighted by Crippen LogP contribution is -2.30. The van der Waals surface area contributed by atoms with Crippen molar-refractivity contribution in [2.75, 3.05) is 0 Å².